The highest BCUT2D eigenvalue weighted by molar-refractivity contribution is 6.57. The number of fused-ring (bicyclic) bond motifs is 2. The third-order valence-corrected chi connectivity index (χ3v) is 5.41. The van der Waals surface area contributed by atoms with Gasteiger partial charge in [0.05, 0.1) is 31.0 Å². The van der Waals surface area contributed by atoms with E-state index in [0.717, 1.165) is 11.3 Å². The van der Waals surface area contributed by atoms with Crippen LogP contribution in [0.5, 0.6) is 11.5 Å². The third kappa shape index (κ3) is 4.82. The molecule has 1 fully saturated rings. The van der Waals surface area contributed by atoms with Gasteiger partial charge in [0, 0.05) is 19.2 Å². The molecule has 1 aromatic rings. The molecule has 11 heteroatoms. The topological polar surface area (TPSA) is 118 Å². The average molecular weight is 445 g/mol. The van der Waals surface area contributed by atoms with E-state index in [0.29, 0.717) is 37.4 Å². The maximum absolute atomic E-state index is 13.3. The van der Waals surface area contributed by atoms with Crippen molar-refractivity contribution in [2.45, 2.75) is 31.5 Å². The van der Waals surface area contributed by atoms with Crippen LogP contribution in [-0.4, -0.2) is 81.3 Å². The molecule has 172 valence electrons. The predicted molar refractivity (Wildman–Crippen MR) is 119 cm³/mol. The van der Waals surface area contributed by atoms with E-state index in [1.807, 2.05) is 0 Å². The Hall–Kier alpha value is -3.21. The first kappa shape index (κ1) is 23.5. The summed E-state index contributed by atoms with van der Waals surface area (Å²) in [6.45, 7) is 4.69. The molecule has 2 aliphatic rings. The van der Waals surface area contributed by atoms with E-state index in [9.17, 15) is 19.5 Å². The van der Waals surface area contributed by atoms with Gasteiger partial charge < -0.3 is 29.5 Å². The minimum Gasteiger partial charge on any atom is -0.493 e. The number of nitrogens with zero attached hydrogens (tertiary/aromatic N) is 2. The van der Waals surface area contributed by atoms with Crippen molar-refractivity contribution in [1.29, 1.82) is 0 Å². The van der Waals surface area contributed by atoms with Crippen molar-refractivity contribution in [2.24, 2.45) is 0 Å². The Kier molecular flexibility index (Phi) is 7.63. The molecule has 1 saturated heterocycles. The summed E-state index contributed by atoms with van der Waals surface area (Å²) >= 11 is 0. The second kappa shape index (κ2) is 10.4. The zero-order valence-corrected chi connectivity index (χ0v) is 18.3. The fourth-order valence-electron chi connectivity index (χ4n) is 3.94. The van der Waals surface area contributed by atoms with Gasteiger partial charge in [0.1, 0.15) is 6.61 Å². The number of ether oxygens (including phenoxy) is 3. The number of amides is 3. The first-order valence-corrected chi connectivity index (χ1v) is 10.5. The summed E-state index contributed by atoms with van der Waals surface area (Å²) in [5.41, 5.74) is 0.398. The summed E-state index contributed by atoms with van der Waals surface area (Å²) in [7, 11) is 2.89. The van der Waals surface area contributed by atoms with Crippen molar-refractivity contribution < 1.29 is 33.7 Å². The van der Waals surface area contributed by atoms with Crippen molar-refractivity contribution in [1.82, 2.24) is 10.2 Å². The van der Waals surface area contributed by atoms with Crippen LogP contribution in [0.4, 0.5) is 15.3 Å². The summed E-state index contributed by atoms with van der Waals surface area (Å²) in [5.74, 6) is 0.200. The lowest BCUT2D eigenvalue weighted by Gasteiger charge is -2.31. The fourth-order valence-corrected chi connectivity index (χ4v) is 3.94. The number of nitrogens with one attached hydrogen (secondary N) is 1. The number of carbonyl (C=O) groups excluding carboxylic acids is 3. The molecule has 0 bridgehead atoms. The van der Waals surface area contributed by atoms with Gasteiger partial charge in [-0.2, -0.15) is 0 Å². The summed E-state index contributed by atoms with van der Waals surface area (Å²) in [5, 5.41) is 13.7. The molecule has 0 radical (unpaired) electrons. The standard InChI is InChI=1S/C21H28BN3O7/c1-3-9-32-21(29)25-15-12-17(31-10-5-7-23-20(22)28)16(30-2)11-13(15)18(26)24-8-4-6-14(24)19(25)27/h3,11-12,14,19,27H,1,4-10,22H2,2H3,(H,23,28)/t14-,19-/m0/s1. The van der Waals surface area contributed by atoms with Crippen molar-refractivity contribution in [2.75, 3.05) is 38.3 Å². The molecule has 2 heterocycles. The average Bonchev–Trinajstić information content (AvgIpc) is 3.24. The van der Waals surface area contributed by atoms with Gasteiger partial charge in [0.25, 0.3) is 5.91 Å². The second-order valence-electron chi connectivity index (χ2n) is 7.56. The number of methoxy groups -OCH3 is 1. The van der Waals surface area contributed by atoms with Crippen LogP contribution in [0.15, 0.2) is 24.8 Å². The molecule has 1 aromatic carbocycles. The number of anilines is 1. The molecule has 0 unspecified atom stereocenters. The van der Waals surface area contributed by atoms with Crippen LogP contribution in [0.2, 0.25) is 0 Å². The molecule has 32 heavy (non-hydrogen) atoms. The number of hydrogen-bond donors (Lipinski definition) is 2. The van der Waals surface area contributed by atoms with Crippen LogP contribution in [0.3, 0.4) is 0 Å². The molecule has 0 spiro atoms. The zero-order valence-electron chi connectivity index (χ0n) is 18.3. The molecule has 0 aliphatic carbocycles. The Labute approximate surface area is 187 Å². The van der Waals surface area contributed by atoms with Crippen molar-refractivity contribution in [3.05, 3.63) is 30.4 Å². The Balaban J connectivity index is 1.97. The molecule has 0 aromatic heterocycles. The Morgan fingerprint density at radius 1 is 1.38 bits per heavy atom. The summed E-state index contributed by atoms with van der Waals surface area (Å²) < 4.78 is 16.4. The molecule has 0 saturated carbocycles. The minimum atomic E-state index is -1.28. The molecule has 2 aliphatic heterocycles. The SMILES string of the molecule is BC(=O)NCCCOc1cc2c(cc1OC)C(=O)N1CCC[C@H]1[C@H](O)N2C(=O)OCC=C. The van der Waals surface area contributed by atoms with E-state index in [2.05, 4.69) is 11.9 Å². The number of rotatable bonds is 8. The fraction of sp³-hybridized carbons (Fsp3) is 0.476. The lowest BCUT2D eigenvalue weighted by Crippen LogP contribution is -2.50. The lowest BCUT2D eigenvalue weighted by molar-refractivity contribution is 0.0496. The normalized spacial score (nSPS) is 19.5. The largest absolute Gasteiger partial charge is 0.493 e. The quantitative estimate of drug-likeness (QED) is 0.347. The first-order chi connectivity index (χ1) is 15.4. The number of benzene rings is 1. The smallest absolute Gasteiger partial charge is 0.416 e. The second-order valence-corrected chi connectivity index (χ2v) is 7.56. The number of aliphatic hydroxyl groups is 1. The Morgan fingerprint density at radius 2 is 2.16 bits per heavy atom. The van der Waals surface area contributed by atoms with Gasteiger partial charge in [-0.05, 0) is 25.3 Å². The molecular weight excluding hydrogens is 417 g/mol. The van der Waals surface area contributed by atoms with Crippen LogP contribution in [0.25, 0.3) is 0 Å². The van der Waals surface area contributed by atoms with Crippen LogP contribution in [-0.2, 0) is 4.74 Å². The Morgan fingerprint density at radius 3 is 2.84 bits per heavy atom. The van der Waals surface area contributed by atoms with E-state index >= 15 is 0 Å². The number of aliphatic hydroxyl groups excluding tert-OH is 1. The van der Waals surface area contributed by atoms with Crippen molar-refractivity contribution in [3.8, 4) is 11.5 Å². The van der Waals surface area contributed by atoms with E-state index < -0.39 is 18.4 Å². The summed E-state index contributed by atoms with van der Waals surface area (Å²) in [4.78, 5) is 39.8. The van der Waals surface area contributed by atoms with E-state index in [4.69, 9.17) is 14.2 Å². The predicted octanol–water partition coefficient (Wildman–Crippen LogP) is 0.872. The molecule has 2 atom stereocenters. The highest BCUT2D eigenvalue weighted by Crippen LogP contribution is 2.41. The summed E-state index contributed by atoms with van der Waals surface area (Å²) in [6.07, 6.45) is 1.19. The Bertz CT molecular complexity index is 894. The number of hydrogen-bond acceptors (Lipinski definition) is 7. The van der Waals surface area contributed by atoms with E-state index in [1.165, 1.54) is 33.2 Å². The van der Waals surface area contributed by atoms with Gasteiger partial charge in [-0.15, -0.1) is 0 Å². The van der Waals surface area contributed by atoms with Crippen LogP contribution in [0.1, 0.15) is 29.6 Å². The van der Waals surface area contributed by atoms with Crippen molar-refractivity contribution >= 4 is 31.3 Å². The summed E-state index contributed by atoms with van der Waals surface area (Å²) in [6, 6.07) is 2.48. The molecular formula is C21H28BN3O7. The van der Waals surface area contributed by atoms with E-state index in [1.54, 1.807) is 4.90 Å². The van der Waals surface area contributed by atoms with Gasteiger partial charge in [-0.1, -0.05) is 12.7 Å². The van der Waals surface area contributed by atoms with Gasteiger partial charge in [-0.3, -0.25) is 9.59 Å². The monoisotopic (exact) mass is 445 g/mol. The number of carbonyl (C=O) groups is 3. The van der Waals surface area contributed by atoms with Crippen LogP contribution < -0.4 is 19.7 Å². The van der Waals surface area contributed by atoms with Gasteiger partial charge >= 0.3 is 6.09 Å². The van der Waals surface area contributed by atoms with E-state index in [-0.39, 0.29) is 36.2 Å². The van der Waals surface area contributed by atoms with Crippen LogP contribution in [0, 0.1) is 0 Å². The minimum absolute atomic E-state index is 0.0393. The molecule has 3 rings (SSSR count). The lowest BCUT2D eigenvalue weighted by atomic mass is 10.1. The third-order valence-electron chi connectivity index (χ3n) is 5.41. The highest BCUT2D eigenvalue weighted by atomic mass is 16.6. The van der Waals surface area contributed by atoms with Gasteiger partial charge in [-0.25, -0.2) is 9.69 Å². The first-order valence-electron chi connectivity index (χ1n) is 10.5. The molecule has 3 amide bonds. The van der Waals surface area contributed by atoms with Gasteiger partial charge in [0.2, 0.25) is 7.85 Å². The maximum atomic E-state index is 13.3. The molecule has 10 nitrogen and oxygen atoms in total. The van der Waals surface area contributed by atoms with Crippen LogP contribution >= 0.6 is 0 Å². The van der Waals surface area contributed by atoms with Gasteiger partial charge in [0.15, 0.2) is 23.5 Å². The zero-order chi connectivity index (χ0) is 23.3. The highest BCUT2D eigenvalue weighted by Gasteiger charge is 2.45. The van der Waals surface area contributed by atoms with Crippen molar-refractivity contribution in [3.63, 3.8) is 0 Å². The maximum Gasteiger partial charge on any atom is 0.416 e. The molecule has 2 N–H and O–H groups in total.